The summed E-state index contributed by atoms with van der Waals surface area (Å²) in [6, 6.07) is 4.15. The smallest absolute Gasteiger partial charge is 0.208 e. The van der Waals surface area contributed by atoms with Crippen LogP contribution >= 0.6 is 11.3 Å². The number of nitrogens with one attached hydrogen (secondary N) is 3. The van der Waals surface area contributed by atoms with E-state index in [4.69, 9.17) is 0 Å². The quantitative estimate of drug-likeness (QED) is 0.368. The first-order valence-electron chi connectivity index (χ1n) is 6.43. The first kappa shape index (κ1) is 16.9. The minimum absolute atomic E-state index is 0.429. The topological polar surface area (TPSA) is 82.6 Å². The van der Waals surface area contributed by atoms with Crippen molar-refractivity contribution in [1.29, 1.82) is 0 Å². The highest BCUT2D eigenvalue weighted by Gasteiger charge is 2.00. The molecule has 0 saturated heterocycles. The van der Waals surface area contributed by atoms with Crippen LogP contribution in [0.2, 0.25) is 0 Å². The Kier molecular flexibility index (Phi) is 7.56. The molecule has 1 aromatic heterocycles. The van der Waals surface area contributed by atoms with Gasteiger partial charge in [0.25, 0.3) is 0 Å². The van der Waals surface area contributed by atoms with Crippen LogP contribution in [0.15, 0.2) is 22.5 Å². The van der Waals surface area contributed by atoms with Gasteiger partial charge in [0.1, 0.15) is 0 Å². The molecule has 8 heteroatoms. The summed E-state index contributed by atoms with van der Waals surface area (Å²) < 4.78 is 24.2. The predicted octanol–water partition coefficient (Wildman–Crippen LogP) is 0.395. The number of guanidine groups is 1. The van der Waals surface area contributed by atoms with Crippen LogP contribution < -0.4 is 15.4 Å². The van der Waals surface area contributed by atoms with Crippen molar-refractivity contribution < 1.29 is 8.42 Å². The molecule has 0 aliphatic rings. The number of rotatable bonds is 8. The van der Waals surface area contributed by atoms with Crippen LogP contribution in [0.1, 0.15) is 11.3 Å². The van der Waals surface area contributed by atoms with E-state index < -0.39 is 10.0 Å². The van der Waals surface area contributed by atoms with Crippen molar-refractivity contribution in [3.05, 3.63) is 22.4 Å². The van der Waals surface area contributed by atoms with E-state index in [-0.39, 0.29) is 0 Å². The summed E-state index contributed by atoms with van der Waals surface area (Å²) >= 11 is 1.74. The molecule has 0 radical (unpaired) electrons. The zero-order chi connectivity index (χ0) is 14.8. The molecule has 0 unspecified atom stereocenters. The average molecular weight is 318 g/mol. The number of sulfonamides is 1. The normalized spacial score (nSPS) is 12.4. The molecule has 0 aliphatic carbocycles. The van der Waals surface area contributed by atoms with E-state index in [0.29, 0.717) is 19.5 Å². The van der Waals surface area contributed by atoms with E-state index in [9.17, 15) is 8.42 Å². The average Bonchev–Trinajstić information content (AvgIpc) is 2.88. The largest absolute Gasteiger partial charge is 0.356 e. The fourth-order valence-corrected chi connectivity index (χ4v) is 2.76. The van der Waals surface area contributed by atoms with Crippen LogP contribution in [0, 0.1) is 0 Å². The summed E-state index contributed by atoms with van der Waals surface area (Å²) in [7, 11) is -1.37. The Morgan fingerprint density at radius 1 is 1.30 bits per heavy atom. The predicted molar refractivity (Wildman–Crippen MR) is 84.9 cm³/mol. The molecular weight excluding hydrogens is 296 g/mol. The van der Waals surface area contributed by atoms with E-state index >= 15 is 0 Å². The van der Waals surface area contributed by atoms with Crippen LogP contribution in [0.25, 0.3) is 0 Å². The van der Waals surface area contributed by atoms with Gasteiger partial charge in [0, 0.05) is 31.6 Å². The molecule has 0 bridgehead atoms. The summed E-state index contributed by atoms with van der Waals surface area (Å²) in [5, 5.41) is 8.43. The highest BCUT2D eigenvalue weighted by atomic mass is 32.2. The van der Waals surface area contributed by atoms with Crippen molar-refractivity contribution in [2.24, 2.45) is 4.99 Å². The second kappa shape index (κ2) is 8.93. The molecule has 0 atom stereocenters. The fourth-order valence-electron chi connectivity index (χ4n) is 1.53. The summed E-state index contributed by atoms with van der Waals surface area (Å²) in [5.41, 5.74) is 0. The van der Waals surface area contributed by atoms with Gasteiger partial charge < -0.3 is 10.6 Å². The van der Waals surface area contributed by atoms with Crippen molar-refractivity contribution in [3.63, 3.8) is 0 Å². The molecule has 114 valence electrons. The third kappa shape index (κ3) is 8.13. The van der Waals surface area contributed by atoms with Gasteiger partial charge in [-0.3, -0.25) is 4.99 Å². The van der Waals surface area contributed by atoms with Gasteiger partial charge in [0.15, 0.2) is 5.96 Å². The van der Waals surface area contributed by atoms with Gasteiger partial charge in [0.2, 0.25) is 10.0 Å². The summed E-state index contributed by atoms with van der Waals surface area (Å²) in [4.78, 5) is 5.45. The van der Waals surface area contributed by atoms with Crippen molar-refractivity contribution >= 4 is 27.3 Å². The Morgan fingerprint density at radius 3 is 2.65 bits per heavy atom. The van der Waals surface area contributed by atoms with Gasteiger partial charge in [-0.2, -0.15) is 0 Å². The van der Waals surface area contributed by atoms with Crippen LogP contribution in [-0.2, 0) is 16.4 Å². The lowest BCUT2D eigenvalue weighted by molar-refractivity contribution is 0.584. The monoisotopic (exact) mass is 318 g/mol. The van der Waals surface area contributed by atoms with Crippen LogP contribution in [-0.4, -0.2) is 47.3 Å². The second-order valence-corrected chi connectivity index (χ2v) is 7.14. The third-order valence-electron chi connectivity index (χ3n) is 2.48. The molecule has 0 saturated carbocycles. The van der Waals surface area contributed by atoms with E-state index in [0.717, 1.165) is 25.2 Å². The Bertz CT molecular complexity index is 498. The lowest BCUT2D eigenvalue weighted by Crippen LogP contribution is -2.39. The second-order valence-electron chi connectivity index (χ2n) is 4.28. The molecular formula is C12H22N4O2S2. The van der Waals surface area contributed by atoms with Crippen LogP contribution in [0.5, 0.6) is 0 Å². The maximum Gasteiger partial charge on any atom is 0.208 e. The van der Waals surface area contributed by atoms with Gasteiger partial charge in [-0.15, -0.1) is 11.3 Å². The van der Waals surface area contributed by atoms with Gasteiger partial charge in [-0.25, -0.2) is 13.1 Å². The highest BCUT2D eigenvalue weighted by molar-refractivity contribution is 7.88. The standard InChI is InChI=1S/C12H22N4O2S2/c1-13-12(14-7-4-8-16-20(2,17)18)15-9-6-11-5-3-10-19-11/h3,5,10,16H,4,6-9H2,1-2H3,(H2,13,14,15). The molecule has 6 nitrogen and oxygen atoms in total. The van der Waals surface area contributed by atoms with E-state index in [1.165, 1.54) is 4.88 Å². The molecule has 0 amide bonds. The SMILES string of the molecule is CN=C(NCCCNS(C)(=O)=O)NCCc1cccs1. The van der Waals surface area contributed by atoms with E-state index in [2.05, 4.69) is 31.8 Å². The number of nitrogens with zero attached hydrogens (tertiary/aromatic N) is 1. The molecule has 1 rings (SSSR count). The molecule has 1 heterocycles. The van der Waals surface area contributed by atoms with E-state index in [1.54, 1.807) is 18.4 Å². The minimum Gasteiger partial charge on any atom is -0.356 e. The van der Waals surface area contributed by atoms with Gasteiger partial charge in [-0.1, -0.05) is 6.07 Å². The van der Waals surface area contributed by atoms with E-state index in [1.807, 2.05) is 6.07 Å². The Balaban J connectivity index is 2.11. The van der Waals surface area contributed by atoms with Crippen LogP contribution in [0.3, 0.4) is 0 Å². The molecule has 0 aliphatic heterocycles. The number of thiophene rings is 1. The molecule has 1 aromatic rings. The number of aliphatic imine (C=N–C) groups is 1. The first-order valence-corrected chi connectivity index (χ1v) is 9.20. The zero-order valence-corrected chi connectivity index (χ0v) is 13.5. The molecule has 20 heavy (non-hydrogen) atoms. The van der Waals surface area contributed by atoms with Gasteiger partial charge in [-0.05, 0) is 24.3 Å². The highest BCUT2D eigenvalue weighted by Crippen LogP contribution is 2.07. The Labute approximate surface area is 124 Å². The van der Waals surface area contributed by atoms with Crippen molar-refractivity contribution in [2.45, 2.75) is 12.8 Å². The summed E-state index contributed by atoms with van der Waals surface area (Å²) in [5.74, 6) is 0.737. The van der Waals surface area contributed by atoms with Gasteiger partial charge >= 0.3 is 0 Å². The number of hydrogen-bond acceptors (Lipinski definition) is 4. The summed E-state index contributed by atoms with van der Waals surface area (Å²) in [6.45, 7) is 1.92. The Morgan fingerprint density at radius 2 is 2.05 bits per heavy atom. The fraction of sp³-hybridized carbons (Fsp3) is 0.583. The van der Waals surface area contributed by atoms with Crippen molar-refractivity contribution in [2.75, 3.05) is 32.9 Å². The Hall–Kier alpha value is -1.12. The van der Waals surface area contributed by atoms with Crippen LogP contribution in [0.4, 0.5) is 0 Å². The molecule has 0 fully saturated rings. The van der Waals surface area contributed by atoms with Crippen molar-refractivity contribution in [1.82, 2.24) is 15.4 Å². The molecule has 3 N–H and O–H groups in total. The maximum atomic E-state index is 10.9. The van der Waals surface area contributed by atoms with Crippen molar-refractivity contribution in [3.8, 4) is 0 Å². The molecule has 0 spiro atoms. The lowest BCUT2D eigenvalue weighted by atomic mass is 10.3. The zero-order valence-electron chi connectivity index (χ0n) is 11.8. The molecule has 0 aromatic carbocycles. The van der Waals surface area contributed by atoms with Gasteiger partial charge in [0.05, 0.1) is 6.26 Å². The maximum absolute atomic E-state index is 10.9. The minimum atomic E-state index is -3.09. The number of hydrogen-bond donors (Lipinski definition) is 3. The first-order chi connectivity index (χ1) is 9.51. The third-order valence-corrected chi connectivity index (χ3v) is 4.14. The lowest BCUT2D eigenvalue weighted by Gasteiger charge is -2.11. The summed E-state index contributed by atoms with van der Waals surface area (Å²) in [6.07, 6.45) is 2.83.